The van der Waals surface area contributed by atoms with Crippen LogP contribution in [0.3, 0.4) is 0 Å². The Hall–Kier alpha value is -3.34. The van der Waals surface area contributed by atoms with Crippen LogP contribution in [0.15, 0.2) is 35.2 Å². The van der Waals surface area contributed by atoms with Crippen LogP contribution in [0.1, 0.15) is 23.6 Å². The van der Waals surface area contributed by atoms with Crippen LogP contribution >= 0.6 is 10.0 Å². The smallest absolute Gasteiger partial charge is 0.410 e. The third-order valence-electron chi connectivity index (χ3n) is 5.48. The molecule has 0 unspecified atom stereocenters. The van der Waals surface area contributed by atoms with Crippen molar-refractivity contribution in [1.82, 2.24) is 4.90 Å². The predicted molar refractivity (Wildman–Crippen MR) is 128 cm³/mol. The van der Waals surface area contributed by atoms with Crippen molar-refractivity contribution >= 4 is 33.7 Å². The molecule has 1 atom stereocenters. The van der Waals surface area contributed by atoms with Gasteiger partial charge in [0.25, 0.3) is 5.91 Å². The average Bonchev–Trinajstić information content (AvgIpc) is 2.75. The van der Waals surface area contributed by atoms with Gasteiger partial charge in [0, 0.05) is 12.2 Å². The molecule has 0 aromatic heterocycles. The van der Waals surface area contributed by atoms with Gasteiger partial charge in [0.2, 0.25) is 0 Å². The van der Waals surface area contributed by atoms with Crippen molar-refractivity contribution in [2.24, 2.45) is 0 Å². The standard InChI is InChI=1S/C24H28F2N2O6S/c1-33-16-5-6-17-14(11-16)7-9-28(24(32)34-10-8-20(29)30)21(17)23(31)27-15-12-18(25)22(19(26)13-15)35(2,3)4/h5-6,11-13,21H,7-10H2,1-4H3,(H,27,31)(H,29,30)/t21-/m1/s1. The lowest BCUT2D eigenvalue weighted by molar-refractivity contribution is -0.138. The van der Waals surface area contributed by atoms with Crippen molar-refractivity contribution in [3.05, 3.63) is 53.1 Å². The van der Waals surface area contributed by atoms with Crippen LogP contribution in [-0.2, 0) is 20.7 Å². The Morgan fingerprint density at radius 2 is 1.80 bits per heavy atom. The summed E-state index contributed by atoms with van der Waals surface area (Å²) in [7, 11) is -0.190. The SMILES string of the molecule is COc1ccc2c(c1)CCN(C(=O)OCCC(=O)O)[C@H]2C(=O)Nc1cc(F)c(S(C)(C)C)c(F)c1. The molecule has 0 bridgehead atoms. The Labute approximate surface area is 203 Å². The molecule has 3 rings (SSSR count). The molecule has 2 amide bonds. The van der Waals surface area contributed by atoms with E-state index in [0.717, 1.165) is 17.7 Å². The lowest BCUT2D eigenvalue weighted by atomic mass is 9.92. The summed E-state index contributed by atoms with van der Waals surface area (Å²) < 4.78 is 39.7. The van der Waals surface area contributed by atoms with Gasteiger partial charge in [-0.15, -0.1) is 0 Å². The number of carboxylic acid groups (broad SMARTS) is 1. The summed E-state index contributed by atoms with van der Waals surface area (Å²) in [5.74, 6) is -2.78. The van der Waals surface area contributed by atoms with E-state index in [-0.39, 0.29) is 30.2 Å². The lowest BCUT2D eigenvalue weighted by Crippen LogP contribution is -2.45. The summed E-state index contributed by atoms with van der Waals surface area (Å²) in [6.45, 7) is -0.249. The Morgan fingerprint density at radius 1 is 1.14 bits per heavy atom. The molecule has 35 heavy (non-hydrogen) atoms. The first kappa shape index (κ1) is 26.3. The van der Waals surface area contributed by atoms with E-state index in [1.807, 2.05) is 0 Å². The van der Waals surface area contributed by atoms with Gasteiger partial charge in [0.15, 0.2) is 0 Å². The topological polar surface area (TPSA) is 105 Å². The molecular weight excluding hydrogens is 482 g/mol. The number of ether oxygens (including phenoxy) is 2. The van der Waals surface area contributed by atoms with E-state index in [1.54, 1.807) is 37.0 Å². The Kier molecular flexibility index (Phi) is 7.89. The minimum absolute atomic E-state index is 0.0192. The van der Waals surface area contributed by atoms with Crippen LogP contribution in [0, 0.1) is 11.6 Å². The third kappa shape index (κ3) is 6.02. The van der Waals surface area contributed by atoms with Gasteiger partial charge < -0.3 is 19.9 Å². The van der Waals surface area contributed by atoms with Gasteiger partial charge in [-0.05, 0) is 60.6 Å². The Bertz CT molecular complexity index is 1130. The van der Waals surface area contributed by atoms with E-state index in [9.17, 15) is 23.2 Å². The fourth-order valence-corrected chi connectivity index (χ4v) is 5.23. The number of carbonyl (C=O) groups excluding carboxylic acids is 2. The number of methoxy groups -OCH3 is 1. The molecule has 8 nitrogen and oxygen atoms in total. The summed E-state index contributed by atoms with van der Waals surface area (Å²) in [4.78, 5) is 38.0. The van der Waals surface area contributed by atoms with E-state index >= 15 is 0 Å². The number of carbonyl (C=O) groups is 3. The normalized spacial score (nSPS) is 15.7. The quantitative estimate of drug-likeness (QED) is 0.579. The van der Waals surface area contributed by atoms with E-state index in [2.05, 4.69) is 5.32 Å². The molecule has 190 valence electrons. The lowest BCUT2D eigenvalue weighted by Gasteiger charge is -2.35. The van der Waals surface area contributed by atoms with Crippen LogP contribution in [0.2, 0.25) is 0 Å². The number of nitrogens with one attached hydrogen (secondary N) is 1. The molecule has 1 heterocycles. The Morgan fingerprint density at radius 3 is 2.37 bits per heavy atom. The molecule has 1 aliphatic rings. The van der Waals surface area contributed by atoms with Crippen molar-refractivity contribution in [3.8, 4) is 5.75 Å². The number of carboxylic acids is 1. The maximum absolute atomic E-state index is 14.7. The summed E-state index contributed by atoms with van der Waals surface area (Å²) in [6, 6.07) is 5.98. The van der Waals surface area contributed by atoms with Gasteiger partial charge >= 0.3 is 12.1 Å². The zero-order valence-corrected chi connectivity index (χ0v) is 20.7. The highest BCUT2D eigenvalue weighted by Crippen LogP contribution is 2.48. The molecule has 0 saturated carbocycles. The number of fused-ring (bicyclic) bond motifs is 1. The highest BCUT2D eigenvalue weighted by atomic mass is 32.3. The third-order valence-corrected chi connectivity index (χ3v) is 7.10. The van der Waals surface area contributed by atoms with E-state index < -0.39 is 45.7 Å². The highest BCUT2D eigenvalue weighted by Gasteiger charge is 2.37. The highest BCUT2D eigenvalue weighted by molar-refractivity contribution is 8.32. The average molecular weight is 511 g/mol. The summed E-state index contributed by atoms with van der Waals surface area (Å²) >= 11 is 0. The molecular formula is C24H28F2N2O6S. The van der Waals surface area contributed by atoms with Crippen LogP contribution in [0.25, 0.3) is 0 Å². The number of anilines is 1. The fraction of sp³-hybridized carbons (Fsp3) is 0.375. The second-order valence-corrected chi connectivity index (χ2v) is 12.8. The monoisotopic (exact) mass is 510 g/mol. The number of amides is 2. The van der Waals surface area contributed by atoms with E-state index in [4.69, 9.17) is 14.6 Å². The Balaban J connectivity index is 1.93. The maximum Gasteiger partial charge on any atom is 0.410 e. The maximum atomic E-state index is 14.7. The van der Waals surface area contributed by atoms with Crippen LogP contribution < -0.4 is 10.1 Å². The van der Waals surface area contributed by atoms with Gasteiger partial charge in [-0.1, -0.05) is 6.07 Å². The minimum atomic E-state index is -1.70. The number of aliphatic carboxylic acids is 1. The molecule has 0 fully saturated rings. The second-order valence-electron chi connectivity index (χ2n) is 8.76. The second kappa shape index (κ2) is 10.5. The van der Waals surface area contributed by atoms with Crippen molar-refractivity contribution < 1.29 is 37.7 Å². The zero-order valence-electron chi connectivity index (χ0n) is 19.9. The van der Waals surface area contributed by atoms with Crippen molar-refractivity contribution in [2.75, 3.05) is 44.3 Å². The van der Waals surface area contributed by atoms with Crippen LogP contribution in [0.4, 0.5) is 19.3 Å². The first-order valence-electron chi connectivity index (χ1n) is 10.7. The zero-order chi connectivity index (χ0) is 25.9. The van der Waals surface area contributed by atoms with Gasteiger partial charge in [0.05, 0.1) is 18.4 Å². The molecule has 2 N–H and O–H groups in total. The number of hydrogen-bond acceptors (Lipinski definition) is 5. The molecule has 2 aromatic carbocycles. The first-order chi connectivity index (χ1) is 16.4. The summed E-state index contributed by atoms with van der Waals surface area (Å²) in [5, 5.41) is 11.3. The molecule has 0 aliphatic carbocycles. The fourth-order valence-electron chi connectivity index (χ4n) is 3.95. The summed E-state index contributed by atoms with van der Waals surface area (Å²) in [6.07, 6.45) is 4.42. The molecule has 0 saturated heterocycles. The van der Waals surface area contributed by atoms with Gasteiger partial charge in [-0.2, -0.15) is 0 Å². The van der Waals surface area contributed by atoms with Crippen molar-refractivity contribution in [1.29, 1.82) is 0 Å². The van der Waals surface area contributed by atoms with Crippen LogP contribution in [0.5, 0.6) is 5.75 Å². The van der Waals surface area contributed by atoms with Crippen molar-refractivity contribution in [2.45, 2.75) is 23.8 Å². The number of rotatable bonds is 7. The molecule has 1 aliphatic heterocycles. The predicted octanol–water partition coefficient (Wildman–Crippen LogP) is 4.18. The van der Waals surface area contributed by atoms with E-state index in [0.29, 0.717) is 17.7 Å². The summed E-state index contributed by atoms with van der Waals surface area (Å²) in [5.41, 5.74) is 1.18. The number of hydrogen-bond donors (Lipinski definition) is 2. The number of halogens is 2. The van der Waals surface area contributed by atoms with Crippen LogP contribution in [-0.4, -0.2) is 67.0 Å². The van der Waals surface area contributed by atoms with E-state index in [1.165, 1.54) is 12.0 Å². The largest absolute Gasteiger partial charge is 0.497 e. The number of nitrogens with zero attached hydrogens (tertiary/aromatic N) is 1. The minimum Gasteiger partial charge on any atom is -0.497 e. The molecule has 0 spiro atoms. The molecule has 0 radical (unpaired) electrons. The van der Waals surface area contributed by atoms with Gasteiger partial charge in [-0.3, -0.25) is 14.5 Å². The van der Waals surface area contributed by atoms with Gasteiger partial charge in [0.1, 0.15) is 30.0 Å². The first-order valence-corrected chi connectivity index (χ1v) is 13.6. The van der Waals surface area contributed by atoms with Gasteiger partial charge in [-0.25, -0.2) is 23.6 Å². The number of benzene rings is 2. The molecule has 11 heteroatoms. The van der Waals surface area contributed by atoms with Crippen molar-refractivity contribution in [3.63, 3.8) is 0 Å². The molecule has 2 aromatic rings.